The summed E-state index contributed by atoms with van der Waals surface area (Å²) in [5, 5.41) is 2.11. The highest BCUT2D eigenvalue weighted by molar-refractivity contribution is 8.82. The summed E-state index contributed by atoms with van der Waals surface area (Å²) >= 11 is 0. The van der Waals surface area contributed by atoms with Gasteiger partial charge in [0.05, 0.1) is 0 Å². The lowest BCUT2D eigenvalue weighted by Gasteiger charge is -2.48. The SMILES string of the molecule is CC(C)(C)P1CP(C(C)(C)C)P(C(C)(C)C)P1C(C)(C)C. The normalized spacial score (nSPS) is 32.6. The summed E-state index contributed by atoms with van der Waals surface area (Å²) in [6.45, 7) is 30.4. The van der Waals surface area contributed by atoms with Crippen molar-refractivity contribution >= 4 is 29.8 Å². The molecule has 126 valence electrons. The Morgan fingerprint density at radius 3 is 0.810 bits per heavy atom. The third kappa shape index (κ3) is 4.85. The first-order valence-electron chi connectivity index (χ1n) is 8.13. The number of rotatable bonds is 0. The molecule has 1 heterocycles. The van der Waals surface area contributed by atoms with Crippen molar-refractivity contribution in [2.45, 2.75) is 104 Å². The average molecular weight is 366 g/mol. The van der Waals surface area contributed by atoms with Crippen molar-refractivity contribution in [3.05, 3.63) is 0 Å². The van der Waals surface area contributed by atoms with Crippen LogP contribution in [0.15, 0.2) is 0 Å². The highest BCUT2D eigenvalue weighted by Crippen LogP contribution is 3.12. The van der Waals surface area contributed by atoms with E-state index in [1.54, 1.807) is 5.90 Å². The molecule has 0 aromatic heterocycles. The maximum atomic E-state index is 2.54. The molecule has 0 radical (unpaired) electrons. The van der Waals surface area contributed by atoms with Crippen LogP contribution >= 0.6 is 29.8 Å². The lowest BCUT2D eigenvalue weighted by molar-refractivity contribution is 0.775. The van der Waals surface area contributed by atoms with Gasteiger partial charge in [-0.15, -0.1) is 0 Å². The van der Waals surface area contributed by atoms with Crippen LogP contribution in [0.4, 0.5) is 0 Å². The summed E-state index contributed by atoms with van der Waals surface area (Å²) in [6, 6.07) is 0. The highest BCUT2D eigenvalue weighted by Gasteiger charge is 2.56. The Morgan fingerprint density at radius 2 is 0.667 bits per heavy atom. The highest BCUT2D eigenvalue weighted by atomic mass is 32.7. The molecule has 0 aromatic rings. The second-order valence-electron chi connectivity index (χ2n) is 10.2. The molecule has 21 heavy (non-hydrogen) atoms. The van der Waals surface area contributed by atoms with E-state index < -0.39 is 0 Å². The van der Waals surface area contributed by atoms with Crippen LogP contribution in [0.2, 0.25) is 0 Å². The minimum atomic E-state index is 0.166. The molecule has 4 heteroatoms. The first-order valence-corrected chi connectivity index (χ1v) is 16.0. The van der Waals surface area contributed by atoms with Gasteiger partial charge in [0.1, 0.15) is 0 Å². The second kappa shape index (κ2) is 6.22. The maximum absolute atomic E-state index is 2.54. The summed E-state index contributed by atoms with van der Waals surface area (Å²) in [5.74, 6) is 1.59. The van der Waals surface area contributed by atoms with Crippen LogP contribution in [-0.2, 0) is 0 Å². The van der Waals surface area contributed by atoms with Gasteiger partial charge in [-0.05, 0) is 41.1 Å². The smallest absolute Gasteiger partial charge is 0.00267 e. The molecule has 1 fully saturated rings. The van der Waals surface area contributed by atoms with Gasteiger partial charge in [0.25, 0.3) is 0 Å². The van der Waals surface area contributed by atoms with E-state index >= 15 is 0 Å². The largest absolute Gasteiger partial charge is 0.0654 e. The molecule has 0 aliphatic carbocycles. The molecule has 1 saturated heterocycles. The van der Waals surface area contributed by atoms with Gasteiger partial charge in [-0.3, -0.25) is 0 Å². The molecule has 0 bridgehead atoms. The van der Waals surface area contributed by atoms with Crippen molar-refractivity contribution in [1.82, 2.24) is 0 Å². The van der Waals surface area contributed by atoms with Crippen molar-refractivity contribution in [1.29, 1.82) is 0 Å². The predicted molar refractivity (Wildman–Crippen MR) is 112 cm³/mol. The summed E-state index contributed by atoms with van der Waals surface area (Å²) in [7, 11) is 0.687. The Morgan fingerprint density at radius 1 is 0.429 bits per heavy atom. The van der Waals surface area contributed by atoms with Gasteiger partial charge < -0.3 is 0 Å². The standard InChI is InChI=1S/C17H38P4/c1-14(2,3)18-13-19(15(4,5)6)21(17(10,11)12)20(18)16(7,8)9/h13H2,1-12H3. The fraction of sp³-hybridized carbons (Fsp3) is 1.00. The Balaban J connectivity index is 3.42. The molecule has 0 spiro atoms. The van der Waals surface area contributed by atoms with E-state index in [1.165, 1.54) is 0 Å². The quantitative estimate of drug-likeness (QED) is 0.376. The topological polar surface area (TPSA) is 0 Å². The summed E-state index contributed by atoms with van der Waals surface area (Å²) < 4.78 is 0. The van der Waals surface area contributed by atoms with Crippen LogP contribution in [0.25, 0.3) is 0 Å². The Hall–Kier alpha value is 1.72. The van der Waals surface area contributed by atoms with Crippen LogP contribution in [0.1, 0.15) is 83.1 Å². The zero-order valence-electron chi connectivity index (χ0n) is 16.5. The Labute approximate surface area is 139 Å². The third-order valence-electron chi connectivity index (χ3n) is 3.65. The molecule has 0 amide bonds. The predicted octanol–water partition coefficient (Wildman–Crippen LogP) is 8.82. The van der Waals surface area contributed by atoms with E-state index in [0.29, 0.717) is 20.6 Å². The van der Waals surface area contributed by atoms with E-state index in [-0.39, 0.29) is 29.8 Å². The van der Waals surface area contributed by atoms with Crippen molar-refractivity contribution in [3.63, 3.8) is 0 Å². The first-order chi connectivity index (χ1) is 8.97. The van der Waals surface area contributed by atoms with Crippen molar-refractivity contribution < 1.29 is 0 Å². The van der Waals surface area contributed by atoms with Crippen LogP contribution in [0.3, 0.4) is 0 Å². The van der Waals surface area contributed by atoms with Gasteiger partial charge in [-0.25, -0.2) is 0 Å². The van der Waals surface area contributed by atoms with Gasteiger partial charge in [-0.1, -0.05) is 98.3 Å². The molecule has 4 unspecified atom stereocenters. The third-order valence-corrected chi connectivity index (χ3v) is 37.8. The average Bonchev–Trinajstić information content (AvgIpc) is 2.52. The molecule has 1 aliphatic heterocycles. The van der Waals surface area contributed by atoms with E-state index in [2.05, 4.69) is 83.1 Å². The zero-order valence-corrected chi connectivity index (χ0v) is 20.1. The minimum Gasteiger partial charge on any atom is -0.0654 e. The van der Waals surface area contributed by atoms with Crippen LogP contribution in [0.5, 0.6) is 0 Å². The molecule has 0 nitrogen and oxygen atoms in total. The van der Waals surface area contributed by atoms with Gasteiger partial charge in [-0.2, -0.15) is 0 Å². The molecule has 4 atom stereocenters. The van der Waals surface area contributed by atoms with Gasteiger partial charge in [0.15, 0.2) is 0 Å². The van der Waals surface area contributed by atoms with E-state index in [4.69, 9.17) is 0 Å². The summed E-state index contributed by atoms with van der Waals surface area (Å²) in [4.78, 5) is 0. The first kappa shape index (κ1) is 20.8. The summed E-state index contributed by atoms with van der Waals surface area (Å²) in [5.41, 5.74) is 0. The Kier molecular flexibility index (Phi) is 6.15. The van der Waals surface area contributed by atoms with Crippen LogP contribution in [0, 0.1) is 0 Å². The van der Waals surface area contributed by atoms with Crippen molar-refractivity contribution in [2.24, 2.45) is 0 Å². The fourth-order valence-corrected chi connectivity index (χ4v) is 51.6. The lowest BCUT2D eigenvalue weighted by Crippen LogP contribution is -2.19. The van der Waals surface area contributed by atoms with Gasteiger partial charge in [0.2, 0.25) is 0 Å². The van der Waals surface area contributed by atoms with Gasteiger partial charge in [0, 0.05) is 0 Å². The Bertz CT molecular complexity index is 326. The molecular formula is C17H38P4. The monoisotopic (exact) mass is 366 g/mol. The second-order valence-corrected chi connectivity index (χ2v) is 29.0. The molecule has 0 N–H and O–H groups in total. The van der Waals surface area contributed by atoms with Crippen LogP contribution in [-0.4, -0.2) is 26.5 Å². The molecular weight excluding hydrogens is 328 g/mol. The number of hydrogen-bond donors (Lipinski definition) is 0. The van der Waals surface area contributed by atoms with E-state index in [0.717, 1.165) is 0 Å². The molecule has 1 rings (SSSR count). The minimum absolute atomic E-state index is 0.166. The van der Waals surface area contributed by atoms with Gasteiger partial charge >= 0.3 is 0 Å². The molecule has 1 aliphatic rings. The fourth-order valence-electron chi connectivity index (χ4n) is 2.74. The van der Waals surface area contributed by atoms with E-state index in [1.807, 2.05) is 0 Å². The van der Waals surface area contributed by atoms with E-state index in [9.17, 15) is 0 Å². The summed E-state index contributed by atoms with van der Waals surface area (Å²) in [6.07, 6.45) is 0. The zero-order chi connectivity index (χ0) is 17.0. The van der Waals surface area contributed by atoms with Crippen molar-refractivity contribution in [3.8, 4) is 0 Å². The molecule has 0 saturated carbocycles. The van der Waals surface area contributed by atoms with Crippen LogP contribution < -0.4 is 0 Å². The van der Waals surface area contributed by atoms with Crippen molar-refractivity contribution in [2.75, 3.05) is 5.90 Å². The maximum Gasteiger partial charge on any atom is -0.00267 e. The lowest BCUT2D eigenvalue weighted by atomic mass is 10.3. The molecule has 0 aromatic carbocycles. The number of hydrogen-bond acceptors (Lipinski definition) is 0.